The van der Waals surface area contributed by atoms with Crippen LogP contribution >= 0.6 is 0 Å². The van der Waals surface area contributed by atoms with E-state index in [0.717, 1.165) is 16.7 Å². The minimum atomic E-state index is -0.249. The lowest BCUT2D eigenvalue weighted by atomic mass is 10.1. The number of carbonyl (C=O) groups is 1. The van der Waals surface area contributed by atoms with Gasteiger partial charge in [-0.3, -0.25) is 9.59 Å². The number of aryl methyl sites for hydroxylation is 3. The van der Waals surface area contributed by atoms with Gasteiger partial charge in [0.2, 0.25) is 5.78 Å². The van der Waals surface area contributed by atoms with Crippen molar-refractivity contribution in [2.75, 3.05) is 0 Å². The van der Waals surface area contributed by atoms with E-state index < -0.39 is 0 Å². The van der Waals surface area contributed by atoms with E-state index in [-0.39, 0.29) is 17.6 Å². The molecular formula is C27H25N3O3. The molecule has 33 heavy (non-hydrogen) atoms. The second-order valence-corrected chi connectivity index (χ2v) is 8.83. The van der Waals surface area contributed by atoms with Crippen LogP contribution in [-0.4, -0.2) is 26.0 Å². The quantitative estimate of drug-likeness (QED) is 0.387. The molecule has 166 valence electrons. The third kappa shape index (κ3) is 3.39. The molecule has 0 N–H and O–H groups in total. The number of hydrogen-bond donors (Lipinski definition) is 0. The predicted octanol–water partition coefficient (Wildman–Crippen LogP) is 5.20. The van der Waals surface area contributed by atoms with Crippen molar-refractivity contribution in [2.45, 2.75) is 40.7 Å². The second kappa shape index (κ2) is 7.59. The number of carbonyl (C=O) groups excluding carboxylic acids is 1. The number of aromatic nitrogens is 3. The van der Waals surface area contributed by atoms with Gasteiger partial charge in [0, 0.05) is 5.56 Å². The van der Waals surface area contributed by atoms with Gasteiger partial charge < -0.3 is 4.74 Å². The summed E-state index contributed by atoms with van der Waals surface area (Å²) in [6.07, 6.45) is 0.0444. The van der Waals surface area contributed by atoms with Crippen molar-refractivity contribution in [1.29, 1.82) is 0 Å². The molecule has 0 saturated heterocycles. The van der Waals surface area contributed by atoms with Gasteiger partial charge in [0.15, 0.2) is 0 Å². The van der Waals surface area contributed by atoms with Crippen LogP contribution in [-0.2, 0) is 0 Å². The number of benzene rings is 3. The number of rotatable bonds is 3. The van der Waals surface area contributed by atoms with Gasteiger partial charge in [-0.1, -0.05) is 6.07 Å². The van der Waals surface area contributed by atoms with Crippen molar-refractivity contribution in [3.8, 4) is 5.75 Å². The number of nitrogens with zero attached hydrogens (tertiary/aromatic N) is 3. The monoisotopic (exact) mass is 439 g/mol. The molecule has 6 heteroatoms. The van der Waals surface area contributed by atoms with E-state index in [2.05, 4.69) is 0 Å². The van der Waals surface area contributed by atoms with Gasteiger partial charge in [0.05, 0.1) is 28.0 Å². The van der Waals surface area contributed by atoms with E-state index in [1.165, 1.54) is 0 Å². The fourth-order valence-corrected chi connectivity index (χ4v) is 4.18. The Balaban J connectivity index is 1.83. The molecule has 2 aromatic heterocycles. The zero-order chi connectivity index (χ0) is 23.4. The highest BCUT2D eigenvalue weighted by Crippen LogP contribution is 2.26. The standard InChI is InChI=1S/C27H25N3O3/c1-15(2)33-20-9-7-19(8-10-20)25(31)29-23-13-17(4)18(5)14-24(23)30-26(32)21-11-6-16(3)12-22(21)28-27(29)30/h6-15H,1-5H3. The zero-order valence-corrected chi connectivity index (χ0v) is 19.3. The van der Waals surface area contributed by atoms with Crippen LogP contribution < -0.4 is 10.3 Å². The number of hydrogen-bond acceptors (Lipinski definition) is 4. The molecule has 0 aliphatic carbocycles. The van der Waals surface area contributed by atoms with E-state index in [4.69, 9.17) is 9.72 Å². The molecule has 0 aliphatic rings. The van der Waals surface area contributed by atoms with E-state index in [9.17, 15) is 9.59 Å². The van der Waals surface area contributed by atoms with Gasteiger partial charge in [-0.25, -0.2) is 14.0 Å². The molecule has 0 fully saturated rings. The Morgan fingerprint density at radius 2 is 1.58 bits per heavy atom. The first kappa shape index (κ1) is 20.9. The topological polar surface area (TPSA) is 65.6 Å². The van der Waals surface area contributed by atoms with Crippen LogP contribution in [0.2, 0.25) is 0 Å². The first-order valence-electron chi connectivity index (χ1n) is 11.0. The Bertz CT molecular complexity index is 1620. The fraction of sp³-hybridized carbons (Fsp3) is 0.222. The number of imidazole rings is 1. The van der Waals surface area contributed by atoms with Gasteiger partial charge >= 0.3 is 0 Å². The van der Waals surface area contributed by atoms with Crippen LogP contribution in [0, 0.1) is 20.8 Å². The van der Waals surface area contributed by atoms with E-state index in [0.29, 0.717) is 39.0 Å². The van der Waals surface area contributed by atoms with Crippen molar-refractivity contribution in [2.24, 2.45) is 0 Å². The smallest absolute Gasteiger partial charge is 0.267 e. The number of fused-ring (bicyclic) bond motifs is 4. The van der Waals surface area contributed by atoms with E-state index in [1.54, 1.807) is 39.3 Å². The Morgan fingerprint density at radius 1 is 0.909 bits per heavy atom. The summed E-state index contributed by atoms with van der Waals surface area (Å²) in [5.74, 6) is 0.761. The Morgan fingerprint density at radius 3 is 2.24 bits per heavy atom. The lowest BCUT2D eigenvalue weighted by Crippen LogP contribution is -2.18. The lowest BCUT2D eigenvalue weighted by Gasteiger charge is -2.10. The van der Waals surface area contributed by atoms with Crippen LogP contribution in [0.5, 0.6) is 5.75 Å². The van der Waals surface area contributed by atoms with Crippen LogP contribution in [0.4, 0.5) is 0 Å². The summed E-state index contributed by atoms with van der Waals surface area (Å²) >= 11 is 0. The molecule has 3 aromatic carbocycles. The highest BCUT2D eigenvalue weighted by molar-refractivity contribution is 6.05. The molecule has 0 unspecified atom stereocenters. The summed E-state index contributed by atoms with van der Waals surface area (Å²) in [4.78, 5) is 32.0. The van der Waals surface area contributed by atoms with E-state index >= 15 is 0 Å². The van der Waals surface area contributed by atoms with Gasteiger partial charge in [-0.15, -0.1) is 0 Å². The van der Waals surface area contributed by atoms with Crippen LogP contribution in [0.1, 0.15) is 40.9 Å². The highest BCUT2D eigenvalue weighted by Gasteiger charge is 2.22. The molecule has 0 bridgehead atoms. The van der Waals surface area contributed by atoms with E-state index in [1.807, 2.05) is 58.9 Å². The predicted molar refractivity (Wildman–Crippen MR) is 131 cm³/mol. The lowest BCUT2D eigenvalue weighted by molar-refractivity contribution is 0.0968. The molecule has 0 saturated carbocycles. The normalized spacial score (nSPS) is 11.7. The molecule has 0 amide bonds. The molecule has 0 aliphatic heterocycles. The highest BCUT2D eigenvalue weighted by atomic mass is 16.5. The molecule has 6 nitrogen and oxygen atoms in total. The summed E-state index contributed by atoms with van der Waals surface area (Å²) in [7, 11) is 0. The maximum atomic E-state index is 13.7. The Labute approximate surface area is 191 Å². The first-order valence-corrected chi connectivity index (χ1v) is 11.0. The molecule has 5 aromatic rings. The van der Waals surface area contributed by atoms with Crippen molar-refractivity contribution in [1.82, 2.24) is 14.0 Å². The molecule has 5 rings (SSSR count). The van der Waals surface area contributed by atoms with Crippen LogP contribution in [0.3, 0.4) is 0 Å². The maximum Gasteiger partial charge on any atom is 0.267 e. The molecule has 0 atom stereocenters. The van der Waals surface area contributed by atoms with Crippen LogP contribution in [0.15, 0.2) is 59.4 Å². The van der Waals surface area contributed by atoms with Gasteiger partial charge in [-0.2, -0.15) is 0 Å². The van der Waals surface area contributed by atoms with Crippen molar-refractivity contribution in [3.05, 3.63) is 87.2 Å². The third-order valence-electron chi connectivity index (χ3n) is 5.96. The Hall–Kier alpha value is -3.93. The largest absolute Gasteiger partial charge is 0.491 e. The molecule has 0 spiro atoms. The third-order valence-corrected chi connectivity index (χ3v) is 5.96. The molecule has 0 radical (unpaired) electrons. The summed E-state index contributed by atoms with van der Waals surface area (Å²) in [6.45, 7) is 9.86. The fourth-order valence-electron chi connectivity index (χ4n) is 4.18. The summed E-state index contributed by atoms with van der Waals surface area (Å²) in [5.41, 5.74) is 5.28. The SMILES string of the molecule is Cc1ccc2c(=O)n3c4cc(C)c(C)cc4n(C(=O)c4ccc(OC(C)C)cc4)c3nc2c1. The Kier molecular flexibility index (Phi) is 4.81. The summed E-state index contributed by atoms with van der Waals surface area (Å²) in [5, 5.41) is 0.526. The summed E-state index contributed by atoms with van der Waals surface area (Å²) < 4.78 is 8.80. The minimum absolute atomic E-state index is 0.0444. The van der Waals surface area contributed by atoms with Crippen molar-refractivity contribution < 1.29 is 9.53 Å². The number of ether oxygens (including phenoxy) is 1. The minimum Gasteiger partial charge on any atom is -0.491 e. The summed E-state index contributed by atoms with van der Waals surface area (Å²) in [6, 6.07) is 16.5. The van der Waals surface area contributed by atoms with Crippen molar-refractivity contribution >= 4 is 33.6 Å². The van der Waals surface area contributed by atoms with Crippen molar-refractivity contribution in [3.63, 3.8) is 0 Å². The zero-order valence-electron chi connectivity index (χ0n) is 19.3. The van der Waals surface area contributed by atoms with Gasteiger partial charge in [0.1, 0.15) is 5.75 Å². The van der Waals surface area contributed by atoms with Gasteiger partial charge in [-0.05, 0) is 99.8 Å². The average molecular weight is 440 g/mol. The first-order chi connectivity index (χ1) is 15.7. The molecular weight excluding hydrogens is 414 g/mol. The second-order valence-electron chi connectivity index (χ2n) is 8.83. The van der Waals surface area contributed by atoms with Crippen LogP contribution in [0.25, 0.3) is 27.7 Å². The van der Waals surface area contributed by atoms with Gasteiger partial charge in [0.25, 0.3) is 11.5 Å². The molecule has 2 heterocycles. The maximum absolute atomic E-state index is 13.7. The average Bonchev–Trinajstić information content (AvgIpc) is 3.06.